The van der Waals surface area contributed by atoms with Gasteiger partial charge in [-0.1, -0.05) is 12.8 Å². The van der Waals surface area contributed by atoms with Crippen molar-refractivity contribution in [3.8, 4) is 0 Å². The molecule has 5 nitrogen and oxygen atoms in total. The molecule has 0 unspecified atom stereocenters. The summed E-state index contributed by atoms with van der Waals surface area (Å²) in [7, 11) is 2.18. The molecular formula is C14H23N3O2S. The van der Waals surface area contributed by atoms with E-state index in [4.69, 9.17) is 4.74 Å². The fraction of sp³-hybridized carbons (Fsp3) is 0.714. The molecule has 0 spiro atoms. The number of hydrogen-bond donors (Lipinski definition) is 1. The molecule has 20 heavy (non-hydrogen) atoms. The number of likely N-dealkylation sites (N-methyl/N-ethyl adjacent to an activating group) is 1. The zero-order valence-electron chi connectivity index (χ0n) is 12.2. The molecule has 1 fully saturated rings. The molecule has 1 heterocycles. The van der Waals surface area contributed by atoms with Crippen molar-refractivity contribution in [1.29, 1.82) is 0 Å². The molecule has 0 amide bonds. The Hall–Kier alpha value is -1.14. The normalized spacial score (nSPS) is 15.8. The van der Waals surface area contributed by atoms with Crippen molar-refractivity contribution in [2.24, 2.45) is 0 Å². The first-order valence-corrected chi connectivity index (χ1v) is 8.15. The average molecular weight is 297 g/mol. The second-order valence-corrected chi connectivity index (χ2v) is 5.95. The summed E-state index contributed by atoms with van der Waals surface area (Å²) in [5.74, 6) is -0.347. The van der Waals surface area contributed by atoms with Gasteiger partial charge in [-0.2, -0.15) is 0 Å². The minimum absolute atomic E-state index is 0.347. The van der Waals surface area contributed by atoms with Gasteiger partial charge in [0, 0.05) is 19.1 Å². The van der Waals surface area contributed by atoms with E-state index in [1.807, 2.05) is 0 Å². The molecule has 1 aliphatic rings. The van der Waals surface area contributed by atoms with Crippen molar-refractivity contribution in [3.63, 3.8) is 0 Å². The number of aromatic nitrogens is 1. The highest BCUT2D eigenvalue weighted by atomic mass is 32.1. The number of anilines is 1. The largest absolute Gasteiger partial charge is 0.461 e. The summed E-state index contributed by atoms with van der Waals surface area (Å²) < 4.78 is 4.99. The van der Waals surface area contributed by atoms with Crippen molar-refractivity contribution in [2.75, 3.05) is 32.1 Å². The van der Waals surface area contributed by atoms with Crippen LogP contribution in [0.1, 0.15) is 43.1 Å². The standard InChI is InChI=1S/C14H23N3O2S/c1-3-19-14(18)12-13(20-10-16-12)15-8-9-17(2)11-6-4-5-7-11/h10-11,15H,3-9H2,1-2H3. The van der Waals surface area contributed by atoms with E-state index in [9.17, 15) is 4.79 Å². The summed E-state index contributed by atoms with van der Waals surface area (Å²) in [5.41, 5.74) is 2.08. The van der Waals surface area contributed by atoms with Crippen molar-refractivity contribution in [2.45, 2.75) is 38.6 Å². The Morgan fingerprint density at radius 3 is 3.00 bits per heavy atom. The highest BCUT2D eigenvalue weighted by Gasteiger charge is 2.19. The fourth-order valence-corrected chi connectivity index (χ4v) is 3.29. The molecule has 0 aliphatic heterocycles. The molecule has 1 saturated carbocycles. The number of thiazole rings is 1. The third-order valence-electron chi connectivity index (χ3n) is 3.73. The lowest BCUT2D eigenvalue weighted by Gasteiger charge is -2.24. The SMILES string of the molecule is CCOC(=O)c1ncsc1NCCN(C)C1CCCC1. The van der Waals surface area contributed by atoms with Crippen LogP contribution in [0.2, 0.25) is 0 Å². The van der Waals surface area contributed by atoms with Gasteiger partial charge in [-0.05, 0) is 26.8 Å². The predicted molar refractivity (Wildman–Crippen MR) is 81.4 cm³/mol. The number of rotatable bonds is 7. The molecule has 1 aromatic heterocycles. The Morgan fingerprint density at radius 2 is 2.30 bits per heavy atom. The topological polar surface area (TPSA) is 54.5 Å². The Morgan fingerprint density at radius 1 is 1.55 bits per heavy atom. The van der Waals surface area contributed by atoms with Gasteiger partial charge in [0.1, 0.15) is 5.00 Å². The molecule has 1 N–H and O–H groups in total. The van der Waals surface area contributed by atoms with Crippen molar-refractivity contribution in [3.05, 3.63) is 11.2 Å². The minimum atomic E-state index is -0.347. The van der Waals surface area contributed by atoms with Crippen molar-refractivity contribution >= 4 is 22.3 Å². The molecule has 1 aliphatic carbocycles. The van der Waals surface area contributed by atoms with Crippen LogP contribution >= 0.6 is 11.3 Å². The van der Waals surface area contributed by atoms with Crippen LogP contribution in [-0.4, -0.2) is 48.6 Å². The Balaban J connectivity index is 1.79. The first-order chi connectivity index (χ1) is 9.72. The van der Waals surface area contributed by atoms with Gasteiger partial charge in [-0.3, -0.25) is 0 Å². The lowest BCUT2D eigenvalue weighted by atomic mass is 10.2. The number of hydrogen-bond acceptors (Lipinski definition) is 6. The van der Waals surface area contributed by atoms with Gasteiger partial charge in [-0.25, -0.2) is 9.78 Å². The summed E-state index contributed by atoms with van der Waals surface area (Å²) in [4.78, 5) is 18.2. The monoisotopic (exact) mass is 297 g/mol. The van der Waals surface area contributed by atoms with Crippen LogP contribution < -0.4 is 5.32 Å². The molecule has 0 bridgehead atoms. The van der Waals surface area contributed by atoms with E-state index in [1.54, 1.807) is 12.4 Å². The van der Waals surface area contributed by atoms with Gasteiger partial charge >= 0.3 is 5.97 Å². The summed E-state index contributed by atoms with van der Waals surface area (Å²) in [5, 5.41) is 4.11. The number of carbonyl (C=O) groups excluding carboxylic acids is 1. The molecule has 6 heteroatoms. The number of nitrogens with one attached hydrogen (secondary N) is 1. The second kappa shape index (κ2) is 7.59. The summed E-state index contributed by atoms with van der Waals surface area (Å²) in [6.07, 6.45) is 5.32. The van der Waals surface area contributed by atoms with Crippen LogP contribution in [0.25, 0.3) is 0 Å². The number of nitrogens with zero attached hydrogens (tertiary/aromatic N) is 2. The summed E-state index contributed by atoms with van der Waals surface area (Å²) in [6, 6.07) is 0.725. The Bertz CT molecular complexity index is 430. The minimum Gasteiger partial charge on any atom is -0.461 e. The number of ether oxygens (including phenoxy) is 1. The van der Waals surface area contributed by atoms with E-state index in [0.717, 1.165) is 24.1 Å². The quantitative estimate of drug-likeness (QED) is 0.784. The fourth-order valence-electron chi connectivity index (χ4n) is 2.59. The first kappa shape index (κ1) is 15.3. The Kier molecular flexibility index (Phi) is 5.79. The lowest BCUT2D eigenvalue weighted by Crippen LogP contribution is -2.33. The molecule has 0 aromatic carbocycles. The summed E-state index contributed by atoms with van der Waals surface area (Å²) >= 11 is 1.45. The van der Waals surface area contributed by atoms with Gasteiger partial charge in [0.15, 0.2) is 5.69 Å². The summed E-state index contributed by atoms with van der Waals surface area (Å²) in [6.45, 7) is 3.97. The molecule has 2 rings (SSSR count). The van der Waals surface area contributed by atoms with Crippen molar-refractivity contribution < 1.29 is 9.53 Å². The van der Waals surface area contributed by atoms with E-state index in [1.165, 1.54) is 37.0 Å². The zero-order chi connectivity index (χ0) is 14.4. The molecule has 0 atom stereocenters. The Labute approximate surface area is 124 Å². The highest BCUT2D eigenvalue weighted by molar-refractivity contribution is 7.14. The second-order valence-electron chi connectivity index (χ2n) is 5.10. The third-order valence-corrected chi connectivity index (χ3v) is 4.52. The van der Waals surface area contributed by atoms with E-state index < -0.39 is 0 Å². The predicted octanol–water partition coefficient (Wildman–Crippen LogP) is 2.61. The van der Waals surface area contributed by atoms with Gasteiger partial charge in [0.2, 0.25) is 0 Å². The van der Waals surface area contributed by atoms with Gasteiger partial charge in [-0.15, -0.1) is 11.3 Å². The first-order valence-electron chi connectivity index (χ1n) is 7.27. The highest BCUT2D eigenvalue weighted by Crippen LogP contribution is 2.23. The maximum absolute atomic E-state index is 11.7. The van der Waals surface area contributed by atoms with Gasteiger partial charge < -0.3 is 15.0 Å². The van der Waals surface area contributed by atoms with E-state index in [-0.39, 0.29) is 5.97 Å². The zero-order valence-corrected chi connectivity index (χ0v) is 13.0. The molecule has 112 valence electrons. The third kappa shape index (κ3) is 3.93. The van der Waals surface area contributed by atoms with Crippen LogP contribution in [0.3, 0.4) is 0 Å². The maximum Gasteiger partial charge on any atom is 0.360 e. The van der Waals surface area contributed by atoms with Crippen LogP contribution in [0.5, 0.6) is 0 Å². The van der Waals surface area contributed by atoms with Crippen molar-refractivity contribution in [1.82, 2.24) is 9.88 Å². The van der Waals surface area contributed by atoms with E-state index >= 15 is 0 Å². The molecule has 0 radical (unpaired) electrons. The van der Waals surface area contributed by atoms with E-state index in [2.05, 4.69) is 22.2 Å². The molecule has 0 saturated heterocycles. The number of esters is 1. The molecule has 1 aromatic rings. The molecular weight excluding hydrogens is 274 g/mol. The van der Waals surface area contributed by atoms with Crippen LogP contribution in [-0.2, 0) is 4.74 Å². The maximum atomic E-state index is 11.7. The number of carbonyl (C=O) groups is 1. The van der Waals surface area contributed by atoms with Crippen LogP contribution in [0, 0.1) is 0 Å². The van der Waals surface area contributed by atoms with Crippen LogP contribution in [0.4, 0.5) is 5.00 Å². The van der Waals surface area contributed by atoms with Gasteiger partial charge in [0.25, 0.3) is 0 Å². The van der Waals surface area contributed by atoms with E-state index in [0.29, 0.717) is 12.3 Å². The van der Waals surface area contributed by atoms with Crippen LogP contribution in [0.15, 0.2) is 5.51 Å². The smallest absolute Gasteiger partial charge is 0.360 e. The lowest BCUT2D eigenvalue weighted by molar-refractivity contribution is 0.0521. The average Bonchev–Trinajstić information content (AvgIpc) is 3.10. The van der Waals surface area contributed by atoms with Gasteiger partial charge in [0.05, 0.1) is 12.1 Å².